The number of para-hydroxylation sites is 3. The van der Waals surface area contributed by atoms with Gasteiger partial charge in [-0.2, -0.15) is 0 Å². The molecule has 1 fully saturated rings. The first-order valence-electron chi connectivity index (χ1n) is 9.93. The number of carbonyl (C=O) groups excluding carboxylic acids is 2. The summed E-state index contributed by atoms with van der Waals surface area (Å²) < 4.78 is 11.5. The molecular formula is C22H25N3O4. The highest BCUT2D eigenvalue weighted by Gasteiger charge is 2.32. The number of nitrogens with zero attached hydrogens (tertiary/aromatic N) is 2. The van der Waals surface area contributed by atoms with E-state index in [1.165, 1.54) is 0 Å². The van der Waals surface area contributed by atoms with Gasteiger partial charge in [-0.05, 0) is 24.3 Å². The van der Waals surface area contributed by atoms with E-state index >= 15 is 0 Å². The van der Waals surface area contributed by atoms with Crippen molar-refractivity contribution in [3.8, 4) is 11.5 Å². The molecule has 0 spiro atoms. The number of fused-ring (bicyclic) bond motifs is 1. The summed E-state index contributed by atoms with van der Waals surface area (Å²) in [6.07, 6.45) is -0.174. The van der Waals surface area contributed by atoms with Crippen LogP contribution in [0, 0.1) is 0 Å². The molecule has 1 unspecified atom stereocenters. The Morgan fingerprint density at radius 2 is 1.62 bits per heavy atom. The Balaban J connectivity index is 1.20. The number of amides is 2. The fourth-order valence-corrected chi connectivity index (χ4v) is 3.54. The number of piperazine rings is 1. The quantitative estimate of drug-likeness (QED) is 0.839. The van der Waals surface area contributed by atoms with Crippen LogP contribution in [0.4, 0.5) is 5.69 Å². The lowest BCUT2D eigenvalue weighted by Gasteiger charge is -2.37. The second-order valence-electron chi connectivity index (χ2n) is 7.20. The summed E-state index contributed by atoms with van der Waals surface area (Å²) in [6, 6.07) is 16.8. The number of hydrogen-bond donors (Lipinski definition) is 1. The third kappa shape index (κ3) is 4.86. The predicted octanol–water partition coefficient (Wildman–Crippen LogP) is 2.00. The molecule has 0 saturated carbocycles. The molecule has 0 bridgehead atoms. The van der Waals surface area contributed by atoms with E-state index in [4.69, 9.17) is 9.47 Å². The molecule has 7 nitrogen and oxygen atoms in total. The van der Waals surface area contributed by atoms with Gasteiger partial charge in [0.25, 0.3) is 5.91 Å². The first-order chi connectivity index (χ1) is 14.2. The van der Waals surface area contributed by atoms with Crippen LogP contribution in [-0.4, -0.2) is 67.0 Å². The molecule has 1 saturated heterocycles. The molecule has 2 aliphatic rings. The summed E-state index contributed by atoms with van der Waals surface area (Å²) in [5.74, 6) is 1.25. The molecular weight excluding hydrogens is 370 g/mol. The molecule has 0 radical (unpaired) electrons. The summed E-state index contributed by atoms with van der Waals surface area (Å²) in [4.78, 5) is 28.9. The zero-order valence-corrected chi connectivity index (χ0v) is 16.3. The monoisotopic (exact) mass is 395 g/mol. The third-order valence-corrected chi connectivity index (χ3v) is 5.18. The molecule has 2 heterocycles. The number of benzene rings is 2. The van der Waals surface area contributed by atoms with Crippen molar-refractivity contribution in [2.75, 3.05) is 44.6 Å². The van der Waals surface area contributed by atoms with E-state index < -0.39 is 6.10 Å². The molecule has 4 rings (SSSR count). The summed E-state index contributed by atoms with van der Waals surface area (Å²) in [6.45, 7) is 3.65. The van der Waals surface area contributed by atoms with Crippen LogP contribution in [-0.2, 0) is 9.59 Å². The predicted molar refractivity (Wildman–Crippen MR) is 109 cm³/mol. The van der Waals surface area contributed by atoms with E-state index in [9.17, 15) is 9.59 Å². The summed E-state index contributed by atoms with van der Waals surface area (Å²) in [5.41, 5.74) is 0.809. The standard InChI is InChI=1S/C22H25N3O4/c26-21(23-17-6-2-1-3-7-17)10-11-24-12-14-25(15-13-24)22(27)20-16-28-18-8-4-5-9-19(18)29-20/h1-9,20H,10-16H2,(H,23,26). The van der Waals surface area contributed by atoms with E-state index in [0.29, 0.717) is 37.6 Å². The van der Waals surface area contributed by atoms with Crippen LogP contribution in [0.2, 0.25) is 0 Å². The van der Waals surface area contributed by atoms with Gasteiger partial charge in [-0.1, -0.05) is 30.3 Å². The van der Waals surface area contributed by atoms with Crippen molar-refractivity contribution in [1.29, 1.82) is 0 Å². The van der Waals surface area contributed by atoms with Gasteiger partial charge in [0, 0.05) is 44.8 Å². The average molecular weight is 395 g/mol. The lowest BCUT2D eigenvalue weighted by molar-refractivity contribution is -0.143. The second-order valence-corrected chi connectivity index (χ2v) is 7.20. The van der Waals surface area contributed by atoms with E-state index in [2.05, 4.69) is 10.2 Å². The number of hydrogen-bond acceptors (Lipinski definition) is 5. The highest BCUT2D eigenvalue weighted by atomic mass is 16.6. The van der Waals surface area contributed by atoms with Gasteiger partial charge in [0.2, 0.25) is 12.0 Å². The van der Waals surface area contributed by atoms with Gasteiger partial charge >= 0.3 is 0 Å². The van der Waals surface area contributed by atoms with Crippen LogP contribution < -0.4 is 14.8 Å². The number of carbonyl (C=O) groups is 2. The Morgan fingerprint density at radius 1 is 0.931 bits per heavy atom. The maximum atomic E-state index is 12.8. The lowest BCUT2D eigenvalue weighted by atomic mass is 10.2. The van der Waals surface area contributed by atoms with Crippen LogP contribution in [0.3, 0.4) is 0 Å². The molecule has 2 amide bonds. The lowest BCUT2D eigenvalue weighted by Crippen LogP contribution is -2.54. The Morgan fingerprint density at radius 3 is 2.38 bits per heavy atom. The second kappa shape index (κ2) is 8.96. The number of ether oxygens (including phenoxy) is 2. The Bertz CT molecular complexity index is 850. The van der Waals surface area contributed by atoms with Gasteiger partial charge in [0.05, 0.1) is 0 Å². The molecule has 2 aromatic carbocycles. The number of nitrogens with one attached hydrogen (secondary N) is 1. The van der Waals surface area contributed by atoms with E-state index in [1.54, 1.807) is 0 Å². The van der Waals surface area contributed by atoms with Crippen molar-refractivity contribution >= 4 is 17.5 Å². The number of anilines is 1. The molecule has 2 aromatic rings. The summed E-state index contributed by atoms with van der Waals surface area (Å²) in [7, 11) is 0. The van der Waals surface area contributed by atoms with E-state index in [0.717, 1.165) is 18.8 Å². The molecule has 29 heavy (non-hydrogen) atoms. The zero-order valence-electron chi connectivity index (χ0n) is 16.3. The highest BCUT2D eigenvalue weighted by Crippen LogP contribution is 2.31. The minimum atomic E-state index is -0.604. The highest BCUT2D eigenvalue weighted by molar-refractivity contribution is 5.90. The van der Waals surface area contributed by atoms with Crippen LogP contribution in [0.15, 0.2) is 54.6 Å². The maximum Gasteiger partial charge on any atom is 0.267 e. The van der Waals surface area contributed by atoms with Gasteiger partial charge in [-0.25, -0.2) is 0 Å². The van der Waals surface area contributed by atoms with Crippen molar-refractivity contribution in [3.05, 3.63) is 54.6 Å². The largest absolute Gasteiger partial charge is 0.485 e. The molecule has 7 heteroatoms. The molecule has 2 aliphatic heterocycles. The smallest absolute Gasteiger partial charge is 0.267 e. The van der Waals surface area contributed by atoms with E-state index in [1.807, 2.05) is 59.5 Å². The Kier molecular flexibility index (Phi) is 5.95. The zero-order chi connectivity index (χ0) is 20.1. The minimum absolute atomic E-state index is 0.00104. The van der Waals surface area contributed by atoms with Gasteiger partial charge in [0.1, 0.15) is 6.61 Å². The van der Waals surface area contributed by atoms with Crippen molar-refractivity contribution in [2.24, 2.45) is 0 Å². The third-order valence-electron chi connectivity index (χ3n) is 5.18. The van der Waals surface area contributed by atoms with Crippen molar-refractivity contribution in [1.82, 2.24) is 9.80 Å². The number of rotatable bonds is 5. The molecule has 0 aromatic heterocycles. The summed E-state index contributed by atoms with van der Waals surface area (Å²) >= 11 is 0. The van der Waals surface area contributed by atoms with Crippen LogP contribution >= 0.6 is 0 Å². The van der Waals surface area contributed by atoms with Crippen molar-refractivity contribution < 1.29 is 19.1 Å². The average Bonchev–Trinajstić information content (AvgIpc) is 2.78. The van der Waals surface area contributed by atoms with Crippen molar-refractivity contribution in [3.63, 3.8) is 0 Å². The normalized spacial score (nSPS) is 18.9. The van der Waals surface area contributed by atoms with Gasteiger partial charge in [-0.3, -0.25) is 14.5 Å². The van der Waals surface area contributed by atoms with Crippen molar-refractivity contribution in [2.45, 2.75) is 12.5 Å². The van der Waals surface area contributed by atoms with Crippen LogP contribution in [0.5, 0.6) is 11.5 Å². The maximum absolute atomic E-state index is 12.8. The topological polar surface area (TPSA) is 71.1 Å². The SMILES string of the molecule is O=C(CCN1CCN(C(=O)C2COc3ccccc3O2)CC1)Nc1ccccc1. The van der Waals surface area contributed by atoms with E-state index in [-0.39, 0.29) is 18.4 Å². The molecule has 152 valence electrons. The van der Waals surface area contributed by atoms with Gasteiger partial charge in [0.15, 0.2) is 11.5 Å². The fraction of sp³-hybridized carbons (Fsp3) is 0.364. The van der Waals surface area contributed by atoms with Crippen LogP contribution in [0.1, 0.15) is 6.42 Å². The van der Waals surface area contributed by atoms with Gasteiger partial charge in [-0.15, -0.1) is 0 Å². The molecule has 1 N–H and O–H groups in total. The van der Waals surface area contributed by atoms with Crippen LogP contribution in [0.25, 0.3) is 0 Å². The van der Waals surface area contributed by atoms with Gasteiger partial charge < -0.3 is 19.7 Å². The first-order valence-corrected chi connectivity index (χ1v) is 9.93. The fourth-order valence-electron chi connectivity index (χ4n) is 3.54. The minimum Gasteiger partial charge on any atom is -0.485 e. The molecule has 0 aliphatic carbocycles. The Labute approximate surface area is 170 Å². The summed E-state index contributed by atoms with van der Waals surface area (Å²) in [5, 5.41) is 2.90. The first kappa shape index (κ1) is 19.3. The molecule has 1 atom stereocenters. The Hall–Kier alpha value is -3.06.